The van der Waals surface area contributed by atoms with E-state index in [9.17, 15) is 5.11 Å². The van der Waals surface area contributed by atoms with Crippen molar-refractivity contribution >= 4 is 5.57 Å². The van der Waals surface area contributed by atoms with E-state index in [0.29, 0.717) is 6.04 Å². The van der Waals surface area contributed by atoms with Crippen LogP contribution < -0.4 is 0 Å². The first kappa shape index (κ1) is 10.4. The first-order chi connectivity index (χ1) is 7.24. The Balaban J connectivity index is 2.40. The van der Waals surface area contributed by atoms with Crippen LogP contribution in [-0.4, -0.2) is 21.5 Å². The minimum atomic E-state index is 0.193. The second-order valence-electron chi connectivity index (χ2n) is 4.35. The van der Waals surface area contributed by atoms with E-state index in [2.05, 4.69) is 25.0 Å². The van der Waals surface area contributed by atoms with Gasteiger partial charge in [-0.25, -0.2) is 0 Å². The maximum Gasteiger partial charge on any atom is 0.0648 e. The zero-order valence-corrected chi connectivity index (χ0v) is 9.40. The second-order valence-corrected chi connectivity index (χ2v) is 4.35. The molecule has 1 aliphatic rings. The molecule has 3 heteroatoms. The summed E-state index contributed by atoms with van der Waals surface area (Å²) in [6, 6.07) is 2.43. The predicted molar refractivity (Wildman–Crippen MR) is 60.5 cm³/mol. The van der Waals surface area contributed by atoms with Gasteiger partial charge >= 0.3 is 0 Å². The monoisotopic (exact) mass is 206 g/mol. The van der Waals surface area contributed by atoms with Gasteiger partial charge in [-0.15, -0.1) is 0 Å². The third-order valence-electron chi connectivity index (χ3n) is 2.99. The summed E-state index contributed by atoms with van der Waals surface area (Å²) in [7, 11) is 0. The van der Waals surface area contributed by atoms with Crippen LogP contribution in [0.3, 0.4) is 0 Å². The molecule has 0 aliphatic heterocycles. The Morgan fingerprint density at radius 2 is 2.27 bits per heavy atom. The average molecular weight is 206 g/mol. The summed E-state index contributed by atoms with van der Waals surface area (Å²) in [5.74, 6) is 0. The quantitative estimate of drug-likeness (QED) is 0.824. The fourth-order valence-corrected chi connectivity index (χ4v) is 2.25. The van der Waals surface area contributed by atoms with Gasteiger partial charge in [-0.1, -0.05) is 0 Å². The highest BCUT2D eigenvalue weighted by Gasteiger charge is 2.19. The number of rotatable bonds is 3. The standard InChI is InChI=1S/C12H18N2O/c1-9(2)14-12(6-7-13-14)11-5-3-4-10(11)8-15/h6-7,9,15H,3-5,8H2,1-2H3. The number of aliphatic hydroxyl groups is 1. The Morgan fingerprint density at radius 3 is 2.93 bits per heavy atom. The molecule has 0 radical (unpaired) electrons. The van der Waals surface area contributed by atoms with Crippen molar-refractivity contribution in [1.82, 2.24) is 9.78 Å². The summed E-state index contributed by atoms with van der Waals surface area (Å²) in [6.45, 7) is 4.45. The SMILES string of the molecule is CC(C)n1nccc1C1=C(CO)CCC1. The third-order valence-corrected chi connectivity index (χ3v) is 2.99. The molecule has 0 unspecified atom stereocenters. The molecular weight excluding hydrogens is 188 g/mol. The molecule has 1 aromatic rings. The van der Waals surface area contributed by atoms with Crippen LogP contribution >= 0.6 is 0 Å². The van der Waals surface area contributed by atoms with Crippen LogP contribution in [0.5, 0.6) is 0 Å². The van der Waals surface area contributed by atoms with Crippen molar-refractivity contribution in [2.24, 2.45) is 0 Å². The number of hydrogen-bond donors (Lipinski definition) is 1. The molecule has 0 saturated heterocycles. The van der Waals surface area contributed by atoms with Crippen molar-refractivity contribution in [3.05, 3.63) is 23.5 Å². The molecule has 82 valence electrons. The summed E-state index contributed by atoms with van der Waals surface area (Å²) in [6.07, 6.45) is 5.12. The first-order valence-corrected chi connectivity index (χ1v) is 5.59. The molecule has 1 N–H and O–H groups in total. The van der Waals surface area contributed by atoms with Gasteiger partial charge in [-0.3, -0.25) is 4.68 Å². The lowest BCUT2D eigenvalue weighted by atomic mass is 10.1. The molecule has 1 aliphatic carbocycles. The Kier molecular flexibility index (Phi) is 2.91. The minimum absolute atomic E-state index is 0.193. The normalized spacial score (nSPS) is 16.8. The van der Waals surface area contributed by atoms with E-state index in [-0.39, 0.29) is 6.61 Å². The Bertz CT molecular complexity index is 377. The smallest absolute Gasteiger partial charge is 0.0648 e. The fourth-order valence-electron chi connectivity index (χ4n) is 2.25. The summed E-state index contributed by atoms with van der Waals surface area (Å²) in [4.78, 5) is 0. The van der Waals surface area contributed by atoms with Crippen LogP contribution in [0.25, 0.3) is 5.57 Å². The van der Waals surface area contributed by atoms with Gasteiger partial charge in [0.1, 0.15) is 0 Å². The summed E-state index contributed by atoms with van der Waals surface area (Å²) < 4.78 is 2.04. The van der Waals surface area contributed by atoms with Crippen LogP contribution in [0.2, 0.25) is 0 Å². The van der Waals surface area contributed by atoms with Gasteiger partial charge in [0.05, 0.1) is 12.3 Å². The van der Waals surface area contributed by atoms with E-state index in [1.807, 2.05) is 10.9 Å². The van der Waals surface area contributed by atoms with Crippen molar-refractivity contribution in [3.63, 3.8) is 0 Å². The van der Waals surface area contributed by atoms with E-state index < -0.39 is 0 Å². The molecule has 2 rings (SSSR count). The molecule has 0 amide bonds. The van der Waals surface area contributed by atoms with Crippen LogP contribution in [0.1, 0.15) is 44.8 Å². The van der Waals surface area contributed by atoms with Gasteiger partial charge in [-0.2, -0.15) is 5.10 Å². The van der Waals surface area contributed by atoms with Gasteiger partial charge in [0.15, 0.2) is 0 Å². The Morgan fingerprint density at radius 1 is 1.47 bits per heavy atom. The highest BCUT2D eigenvalue weighted by molar-refractivity contribution is 5.68. The van der Waals surface area contributed by atoms with Crippen LogP contribution in [0.15, 0.2) is 17.8 Å². The lowest BCUT2D eigenvalue weighted by Crippen LogP contribution is -2.07. The van der Waals surface area contributed by atoms with Crippen molar-refractivity contribution in [1.29, 1.82) is 0 Å². The number of allylic oxidation sites excluding steroid dienone is 1. The van der Waals surface area contributed by atoms with E-state index in [4.69, 9.17) is 0 Å². The van der Waals surface area contributed by atoms with Crippen LogP contribution in [0.4, 0.5) is 0 Å². The van der Waals surface area contributed by atoms with Gasteiger partial charge in [0.25, 0.3) is 0 Å². The molecule has 0 atom stereocenters. The molecule has 3 nitrogen and oxygen atoms in total. The molecular formula is C12H18N2O. The topological polar surface area (TPSA) is 38.0 Å². The predicted octanol–water partition coefficient (Wildman–Crippen LogP) is 2.39. The van der Waals surface area contributed by atoms with Gasteiger partial charge in [0, 0.05) is 12.2 Å². The molecule has 0 aromatic carbocycles. The molecule has 0 spiro atoms. The summed E-state index contributed by atoms with van der Waals surface area (Å²) in [5.41, 5.74) is 3.69. The fraction of sp³-hybridized carbons (Fsp3) is 0.583. The van der Waals surface area contributed by atoms with Gasteiger partial charge < -0.3 is 5.11 Å². The zero-order chi connectivity index (χ0) is 10.8. The first-order valence-electron chi connectivity index (χ1n) is 5.59. The minimum Gasteiger partial charge on any atom is -0.392 e. The lowest BCUT2D eigenvalue weighted by molar-refractivity contribution is 0.328. The number of nitrogens with zero attached hydrogens (tertiary/aromatic N) is 2. The number of aliphatic hydroxyl groups excluding tert-OH is 1. The van der Waals surface area contributed by atoms with E-state index in [0.717, 1.165) is 19.3 Å². The molecule has 0 fully saturated rings. The number of hydrogen-bond acceptors (Lipinski definition) is 2. The summed E-state index contributed by atoms with van der Waals surface area (Å²) >= 11 is 0. The van der Waals surface area contributed by atoms with E-state index in [1.165, 1.54) is 16.8 Å². The maximum absolute atomic E-state index is 9.28. The van der Waals surface area contributed by atoms with Crippen molar-refractivity contribution in [2.45, 2.75) is 39.2 Å². The zero-order valence-electron chi connectivity index (χ0n) is 9.40. The highest BCUT2D eigenvalue weighted by Crippen LogP contribution is 2.34. The largest absolute Gasteiger partial charge is 0.392 e. The molecule has 15 heavy (non-hydrogen) atoms. The molecule has 1 heterocycles. The molecule has 0 saturated carbocycles. The Labute approximate surface area is 90.4 Å². The highest BCUT2D eigenvalue weighted by atomic mass is 16.3. The van der Waals surface area contributed by atoms with E-state index in [1.54, 1.807) is 0 Å². The van der Waals surface area contributed by atoms with Crippen molar-refractivity contribution < 1.29 is 5.11 Å². The third kappa shape index (κ3) is 1.84. The maximum atomic E-state index is 9.28. The number of aromatic nitrogens is 2. The molecule has 0 bridgehead atoms. The van der Waals surface area contributed by atoms with Gasteiger partial charge in [-0.05, 0) is 50.3 Å². The lowest BCUT2D eigenvalue weighted by Gasteiger charge is -2.12. The van der Waals surface area contributed by atoms with E-state index >= 15 is 0 Å². The van der Waals surface area contributed by atoms with Gasteiger partial charge in [0.2, 0.25) is 0 Å². The summed E-state index contributed by atoms with van der Waals surface area (Å²) in [5, 5.41) is 13.6. The van der Waals surface area contributed by atoms with Crippen molar-refractivity contribution in [2.75, 3.05) is 6.61 Å². The second kappa shape index (κ2) is 4.19. The Hall–Kier alpha value is -1.09. The average Bonchev–Trinajstić information content (AvgIpc) is 2.85. The van der Waals surface area contributed by atoms with Crippen molar-refractivity contribution in [3.8, 4) is 0 Å². The van der Waals surface area contributed by atoms with Crippen LogP contribution in [-0.2, 0) is 0 Å². The molecule has 1 aromatic heterocycles. The van der Waals surface area contributed by atoms with Crippen LogP contribution in [0, 0.1) is 0 Å².